The molecule has 1 aliphatic rings. The van der Waals surface area contributed by atoms with Crippen molar-refractivity contribution >= 4 is 16.7 Å². The lowest BCUT2D eigenvalue weighted by atomic mass is 9.69. The van der Waals surface area contributed by atoms with E-state index < -0.39 is 0 Å². The highest BCUT2D eigenvalue weighted by Crippen LogP contribution is 2.38. The number of carbonyl (C=O) groups is 1. The third-order valence-electron chi connectivity index (χ3n) is 4.77. The van der Waals surface area contributed by atoms with Crippen LogP contribution < -0.4 is 5.73 Å². The largest absolute Gasteiger partial charge is 0.329 e. The number of nitrogens with zero attached hydrogens (tertiary/aromatic N) is 1. The molecular weight excluding hydrogens is 260 g/mol. The molecule has 1 saturated carbocycles. The second-order valence-corrected chi connectivity index (χ2v) is 6.23. The Bertz CT molecular complexity index is 672. The Labute approximate surface area is 125 Å². The molecule has 3 rings (SSSR count). The maximum absolute atomic E-state index is 13.0. The smallest absolute Gasteiger partial charge is 0.170 e. The van der Waals surface area contributed by atoms with E-state index in [1.165, 1.54) is 6.42 Å². The van der Waals surface area contributed by atoms with Crippen LogP contribution in [-0.4, -0.2) is 17.3 Å². The van der Waals surface area contributed by atoms with Gasteiger partial charge in [-0.05, 0) is 44.0 Å². The minimum Gasteiger partial charge on any atom is -0.329 e. The molecular formula is C18H22N2O. The van der Waals surface area contributed by atoms with Gasteiger partial charge in [-0.3, -0.25) is 9.78 Å². The summed E-state index contributed by atoms with van der Waals surface area (Å²) in [5, 5.41) is 1.02. The number of aromatic nitrogens is 1. The van der Waals surface area contributed by atoms with Crippen molar-refractivity contribution in [3.05, 3.63) is 41.6 Å². The maximum Gasteiger partial charge on any atom is 0.170 e. The molecule has 1 fully saturated rings. The van der Waals surface area contributed by atoms with E-state index in [9.17, 15) is 4.79 Å². The highest BCUT2D eigenvalue weighted by molar-refractivity contribution is 6.03. The molecule has 2 N–H and O–H groups in total. The monoisotopic (exact) mass is 282 g/mol. The Morgan fingerprint density at radius 3 is 2.67 bits per heavy atom. The lowest BCUT2D eigenvalue weighted by Gasteiger charge is -2.34. The molecule has 0 atom stereocenters. The molecule has 3 heteroatoms. The van der Waals surface area contributed by atoms with Crippen LogP contribution in [0.15, 0.2) is 30.3 Å². The second kappa shape index (κ2) is 5.57. The lowest BCUT2D eigenvalue weighted by molar-refractivity contribution is 0.0729. The molecule has 0 unspecified atom stereocenters. The van der Waals surface area contributed by atoms with Crippen molar-refractivity contribution in [3.8, 4) is 0 Å². The molecule has 0 spiro atoms. The predicted octanol–water partition coefficient (Wildman–Crippen LogP) is 3.64. The molecule has 0 saturated heterocycles. The van der Waals surface area contributed by atoms with Gasteiger partial charge in [-0.25, -0.2) is 0 Å². The van der Waals surface area contributed by atoms with Gasteiger partial charge in [-0.15, -0.1) is 0 Å². The number of ketones is 1. The molecule has 0 aliphatic heterocycles. The Kier molecular flexibility index (Phi) is 3.77. The quantitative estimate of drug-likeness (QED) is 0.874. The summed E-state index contributed by atoms with van der Waals surface area (Å²) in [5.41, 5.74) is 8.35. The van der Waals surface area contributed by atoms with Gasteiger partial charge in [0.25, 0.3) is 0 Å². The molecule has 110 valence electrons. The van der Waals surface area contributed by atoms with Crippen molar-refractivity contribution in [1.29, 1.82) is 0 Å². The Morgan fingerprint density at radius 2 is 1.95 bits per heavy atom. The van der Waals surface area contributed by atoms with Gasteiger partial charge in [-0.2, -0.15) is 0 Å². The van der Waals surface area contributed by atoms with Crippen LogP contribution in [0.1, 0.15) is 48.2 Å². The molecule has 0 radical (unpaired) electrons. The van der Waals surface area contributed by atoms with Gasteiger partial charge in [-0.1, -0.05) is 25.3 Å². The van der Waals surface area contributed by atoms with Crippen LogP contribution in [0.25, 0.3) is 10.9 Å². The van der Waals surface area contributed by atoms with Crippen molar-refractivity contribution in [2.75, 3.05) is 6.54 Å². The van der Waals surface area contributed by atoms with Gasteiger partial charge in [0.15, 0.2) is 5.78 Å². The van der Waals surface area contributed by atoms with Crippen LogP contribution in [0.5, 0.6) is 0 Å². The van der Waals surface area contributed by atoms with Crippen molar-refractivity contribution in [3.63, 3.8) is 0 Å². The minimum atomic E-state index is -0.343. The van der Waals surface area contributed by atoms with Crippen molar-refractivity contribution in [2.24, 2.45) is 11.1 Å². The number of hydrogen-bond acceptors (Lipinski definition) is 3. The highest BCUT2D eigenvalue weighted by Gasteiger charge is 2.38. The van der Waals surface area contributed by atoms with Crippen molar-refractivity contribution < 1.29 is 4.79 Å². The zero-order chi connectivity index (χ0) is 14.9. The molecule has 3 nitrogen and oxygen atoms in total. The topological polar surface area (TPSA) is 56.0 Å². The van der Waals surface area contributed by atoms with Crippen LogP contribution in [0.3, 0.4) is 0 Å². The number of nitrogens with two attached hydrogens (primary N) is 1. The third-order valence-corrected chi connectivity index (χ3v) is 4.77. The average Bonchev–Trinajstić information content (AvgIpc) is 2.54. The van der Waals surface area contributed by atoms with Crippen LogP contribution >= 0.6 is 0 Å². The van der Waals surface area contributed by atoms with Crippen LogP contribution in [0.4, 0.5) is 0 Å². The third kappa shape index (κ3) is 2.58. The van der Waals surface area contributed by atoms with Gasteiger partial charge >= 0.3 is 0 Å². The van der Waals surface area contributed by atoms with Gasteiger partial charge in [0.1, 0.15) is 0 Å². The fourth-order valence-electron chi connectivity index (χ4n) is 3.43. The van der Waals surface area contributed by atoms with E-state index in [-0.39, 0.29) is 11.2 Å². The SMILES string of the molecule is Cc1ccc2cc(C(=O)C3(CN)CCCCC3)ccc2n1. The summed E-state index contributed by atoms with van der Waals surface area (Å²) < 4.78 is 0. The van der Waals surface area contributed by atoms with E-state index in [2.05, 4.69) is 4.98 Å². The number of aryl methyl sites for hydroxylation is 1. The predicted molar refractivity (Wildman–Crippen MR) is 85.4 cm³/mol. The van der Waals surface area contributed by atoms with Gasteiger partial charge in [0, 0.05) is 28.6 Å². The summed E-state index contributed by atoms with van der Waals surface area (Å²) in [7, 11) is 0. The van der Waals surface area contributed by atoms with Crippen molar-refractivity contribution in [1.82, 2.24) is 4.98 Å². The lowest BCUT2D eigenvalue weighted by Crippen LogP contribution is -2.40. The summed E-state index contributed by atoms with van der Waals surface area (Å²) in [6.07, 6.45) is 5.28. The fraction of sp³-hybridized carbons (Fsp3) is 0.444. The first-order valence-electron chi connectivity index (χ1n) is 7.77. The van der Waals surface area contributed by atoms with E-state index in [4.69, 9.17) is 5.73 Å². The first-order valence-corrected chi connectivity index (χ1v) is 7.77. The average molecular weight is 282 g/mol. The molecule has 2 aromatic rings. The van der Waals surface area contributed by atoms with E-state index in [1.807, 2.05) is 37.3 Å². The van der Waals surface area contributed by atoms with Crippen LogP contribution in [0.2, 0.25) is 0 Å². The number of fused-ring (bicyclic) bond motifs is 1. The highest BCUT2D eigenvalue weighted by atomic mass is 16.1. The first-order chi connectivity index (χ1) is 10.1. The number of hydrogen-bond donors (Lipinski definition) is 1. The summed E-state index contributed by atoms with van der Waals surface area (Å²) in [6, 6.07) is 9.84. The number of benzene rings is 1. The van der Waals surface area contributed by atoms with E-state index >= 15 is 0 Å². The minimum absolute atomic E-state index is 0.215. The van der Waals surface area contributed by atoms with E-state index in [0.29, 0.717) is 6.54 Å². The Balaban J connectivity index is 1.98. The maximum atomic E-state index is 13.0. The molecule has 1 heterocycles. The standard InChI is InChI=1S/C18H22N2O/c1-13-5-6-14-11-15(7-8-16(14)20-13)17(21)18(12-19)9-3-2-4-10-18/h5-8,11H,2-4,9-10,12,19H2,1H3. The summed E-state index contributed by atoms with van der Waals surface area (Å²) in [4.78, 5) is 17.5. The van der Waals surface area contributed by atoms with E-state index in [1.54, 1.807) is 0 Å². The Morgan fingerprint density at radius 1 is 1.19 bits per heavy atom. The van der Waals surface area contributed by atoms with Gasteiger partial charge < -0.3 is 5.73 Å². The molecule has 21 heavy (non-hydrogen) atoms. The zero-order valence-electron chi connectivity index (χ0n) is 12.6. The van der Waals surface area contributed by atoms with Crippen LogP contribution in [0, 0.1) is 12.3 Å². The first kappa shape index (κ1) is 14.2. The normalized spacial score (nSPS) is 17.8. The number of rotatable bonds is 3. The van der Waals surface area contributed by atoms with Gasteiger partial charge in [0.05, 0.1) is 5.52 Å². The van der Waals surface area contributed by atoms with Gasteiger partial charge in [0.2, 0.25) is 0 Å². The number of carbonyl (C=O) groups excluding carboxylic acids is 1. The summed E-state index contributed by atoms with van der Waals surface area (Å²) in [6.45, 7) is 2.43. The molecule has 1 aromatic heterocycles. The summed E-state index contributed by atoms with van der Waals surface area (Å²) in [5.74, 6) is 0.215. The molecule has 1 aromatic carbocycles. The molecule has 1 aliphatic carbocycles. The second-order valence-electron chi connectivity index (χ2n) is 6.23. The fourth-order valence-corrected chi connectivity index (χ4v) is 3.43. The number of pyridine rings is 1. The Hall–Kier alpha value is -1.74. The molecule has 0 amide bonds. The molecule has 0 bridgehead atoms. The van der Waals surface area contributed by atoms with Crippen LogP contribution in [-0.2, 0) is 0 Å². The number of Topliss-reactive ketones (excluding diaryl/α,β-unsaturated/α-hetero) is 1. The van der Waals surface area contributed by atoms with Crippen molar-refractivity contribution in [2.45, 2.75) is 39.0 Å². The zero-order valence-corrected chi connectivity index (χ0v) is 12.6. The summed E-state index contributed by atoms with van der Waals surface area (Å²) >= 11 is 0. The van der Waals surface area contributed by atoms with E-state index in [0.717, 1.165) is 47.8 Å².